The smallest absolute Gasteiger partial charge is 0.216 e. The number of para-hydroxylation sites is 1. The molecule has 0 N–H and O–H groups in total. The van der Waals surface area contributed by atoms with Crippen molar-refractivity contribution in [3.63, 3.8) is 0 Å². The van der Waals surface area contributed by atoms with Gasteiger partial charge >= 0.3 is 0 Å². The van der Waals surface area contributed by atoms with Crippen molar-refractivity contribution in [1.29, 1.82) is 5.26 Å². The maximum atomic E-state index is 10.1. The third-order valence-electron chi connectivity index (χ3n) is 7.78. The lowest BCUT2D eigenvalue weighted by Crippen LogP contribution is -2.30. The topological polar surface area (TPSA) is 44.1 Å². The van der Waals surface area contributed by atoms with Crippen molar-refractivity contribution in [3.05, 3.63) is 114 Å². The average molecular weight is 493 g/mol. The first kappa shape index (κ1) is 22.3. The molecule has 0 unspecified atom stereocenters. The van der Waals surface area contributed by atoms with Gasteiger partial charge in [-0.15, -0.1) is 0 Å². The Morgan fingerprint density at radius 2 is 1.61 bits per heavy atom. The minimum atomic E-state index is 0.623. The van der Waals surface area contributed by atoms with Crippen LogP contribution in [0.4, 0.5) is 11.4 Å². The third kappa shape index (κ3) is 3.33. The predicted molar refractivity (Wildman–Crippen MR) is 152 cm³/mol. The van der Waals surface area contributed by atoms with Gasteiger partial charge in [0.1, 0.15) is 18.2 Å². The summed E-state index contributed by atoms with van der Waals surface area (Å²) in [6.45, 7) is 3.06. The zero-order valence-corrected chi connectivity index (χ0v) is 21.4. The third-order valence-corrected chi connectivity index (χ3v) is 7.78. The monoisotopic (exact) mass is 492 g/mol. The fraction of sp³-hybridized carbons (Fsp3) is 0.118. The lowest BCUT2D eigenvalue weighted by Gasteiger charge is -2.19. The number of rotatable bonds is 3. The second-order valence-corrected chi connectivity index (χ2v) is 9.99. The molecule has 38 heavy (non-hydrogen) atoms. The second kappa shape index (κ2) is 8.61. The van der Waals surface area contributed by atoms with E-state index in [1.54, 1.807) is 0 Å². The Labute approximate surface area is 221 Å². The number of furan rings is 1. The Morgan fingerprint density at radius 1 is 0.842 bits per heavy atom. The molecular formula is C34H26N3O+. The lowest BCUT2D eigenvalue weighted by molar-refractivity contribution is -0.660. The highest BCUT2D eigenvalue weighted by atomic mass is 16.3. The van der Waals surface area contributed by atoms with Crippen molar-refractivity contribution < 1.29 is 8.98 Å². The normalized spacial score (nSPS) is 12.7. The molecule has 2 aromatic heterocycles. The molecule has 1 aliphatic rings. The summed E-state index contributed by atoms with van der Waals surface area (Å²) in [6.07, 6.45) is 3.02. The molecule has 4 aromatic carbocycles. The highest BCUT2D eigenvalue weighted by Gasteiger charge is 2.25. The molecule has 6 aromatic rings. The Morgan fingerprint density at radius 3 is 2.39 bits per heavy atom. The van der Waals surface area contributed by atoms with Crippen LogP contribution in [0.3, 0.4) is 0 Å². The zero-order chi connectivity index (χ0) is 25.8. The summed E-state index contributed by atoms with van der Waals surface area (Å²) < 4.78 is 8.86. The van der Waals surface area contributed by atoms with E-state index >= 15 is 0 Å². The van der Waals surface area contributed by atoms with Crippen LogP contribution in [0.25, 0.3) is 44.3 Å². The molecule has 1 aliphatic heterocycles. The number of anilines is 2. The van der Waals surface area contributed by atoms with Crippen LogP contribution in [-0.2, 0) is 13.5 Å². The molecule has 3 heterocycles. The van der Waals surface area contributed by atoms with Crippen LogP contribution >= 0.6 is 0 Å². The van der Waals surface area contributed by atoms with Gasteiger partial charge in [0.05, 0.1) is 17.2 Å². The first-order valence-electron chi connectivity index (χ1n) is 12.9. The van der Waals surface area contributed by atoms with Gasteiger partial charge in [-0.2, -0.15) is 5.26 Å². The van der Waals surface area contributed by atoms with Gasteiger partial charge in [-0.25, -0.2) is 4.57 Å². The van der Waals surface area contributed by atoms with Crippen molar-refractivity contribution in [2.24, 2.45) is 7.05 Å². The lowest BCUT2D eigenvalue weighted by atomic mass is 9.94. The van der Waals surface area contributed by atoms with E-state index in [-0.39, 0.29) is 0 Å². The molecule has 0 aliphatic carbocycles. The first-order valence-corrected chi connectivity index (χ1v) is 12.9. The zero-order valence-electron chi connectivity index (χ0n) is 21.4. The number of nitriles is 1. The van der Waals surface area contributed by atoms with Gasteiger partial charge in [0.2, 0.25) is 5.69 Å². The minimum absolute atomic E-state index is 0.623. The number of fused-ring (bicyclic) bond motifs is 4. The van der Waals surface area contributed by atoms with Gasteiger partial charge in [-0.1, -0.05) is 36.4 Å². The number of pyridine rings is 1. The van der Waals surface area contributed by atoms with Crippen molar-refractivity contribution in [3.8, 4) is 28.5 Å². The molecule has 0 saturated heterocycles. The van der Waals surface area contributed by atoms with Crippen LogP contribution < -0.4 is 9.47 Å². The maximum Gasteiger partial charge on any atom is 0.216 e. The van der Waals surface area contributed by atoms with Crippen molar-refractivity contribution >= 4 is 33.3 Å². The number of nitrogens with zero attached hydrogens (tertiary/aromatic N) is 3. The number of benzene rings is 4. The number of hydrogen-bond acceptors (Lipinski definition) is 3. The molecule has 4 nitrogen and oxygen atoms in total. The van der Waals surface area contributed by atoms with Crippen molar-refractivity contribution in [2.45, 2.75) is 13.3 Å². The van der Waals surface area contributed by atoms with E-state index in [0.717, 1.165) is 62.9 Å². The summed E-state index contributed by atoms with van der Waals surface area (Å²) in [4.78, 5) is 2.36. The SMILES string of the molecule is Cc1ccc2c(oc3c(-c4ccc5c(c4)CCN5c4ccccc4)c(C#N)ccc32)c1-c1cccc[n+]1C. The number of aryl methyl sites for hydroxylation is 2. The quantitative estimate of drug-likeness (QED) is 0.239. The van der Waals surface area contributed by atoms with Crippen LogP contribution in [0.2, 0.25) is 0 Å². The Hall–Kier alpha value is -4.88. The van der Waals surface area contributed by atoms with E-state index in [0.29, 0.717) is 5.56 Å². The largest absolute Gasteiger partial charge is 0.454 e. The van der Waals surface area contributed by atoms with E-state index in [1.165, 1.54) is 16.9 Å². The molecule has 0 radical (unpaired) electrons. The van der Waals surface area contributed by atoms with Crippen molar-refractivity contribution in [2.75, 3.05) is 11.4 Å². The summed E-state index contributed by atoms with van der Waals surface area (Å²) in [5, 5.41) is 12.2. The van der Waals surface area contributed by atoms with Crippen LogP contribution in [0.1, 0.15) is 16.7 Å². The molecule has 0 atom stereocenters. The van der Waals surface area contributed by atoms with Crippen molar-refractivity contribution in [1.82, 2.24) is 0 Å². The summed E-state index contributed by atoms with van der Waals surface area (Å²) in [5.41, 5.74) is 11.2. The van der Waals surface area contributed by atoms with Crippen LogP contribution in [0.5, 0.6) is 0 Å². The summed E-state index contributed by atoms with van der Waals surface area (Å²) in [6, 6.07) is 33.9. The van der Waals surface area contributed by atoms with Gasteiger partial charge in [-0.05, 0) is 72.5 Å². The van der Waals surface area contributed by atoms with Crippen LogP contribution in [-0.4, -0.2) is 6.54 Å². The first-order chi connectivity index (χ1) is 18.6. The molecule has 0 saturated carbocycles. The molecule has 7 rings (SSSR count). The van der Waals surface area contributed by atoms with Gasteiger partial charge in [0, 0.05) is 46.4 Å². The highest BCUT2D eigenvalue weighted by Crippen LogP contribution is 2.43. The number of aromatic nitrogens is 1. The molecular weight excluding hydrogens is 466 g/mol. The molecule has 0 spiro atoms. The average Bonchev–Trinajstić information content (AvgIpc) is 3.54. The minimum Gasteiger partial charge on any atom is -0.454 e. The number of hydrogen-bond donors (Lipinski definition) is 0. The molecule has 182 valence electrons. The molecule has 0 bridgehead atoms. The summed E-state index contributed by atoms with van der Waals surface area (Å²) >= 11 is 0. The van der Waals surface area contributed by atoms with E-state index < -0.39 is 0 Å². The Kier molecular flexibility index (Phi) is 5.06. The van der Waals surface area contributed by atoms with Gasteiger partial charge < -0.3 is 9.32 Å². The van der Waals surface area contributed by atoms with E-state index in [1.807, 2.05) is 24.3 Å². The predicted octanol–water partition coefficient (Wildman–Crippen LogP) is 7.62. The van der Waals surface area contributed by atoms with Crippen LogP contribution in [0, 0.1) is 18.3 Å². The highest BCUT2D eigenvalue weighted by molar-refractivity contribution is 6.14. The molecule has 0 fully saturated rings. The molecule has 4 heteroatoms. The fourth-order valence-corrected chi connectivity index (χ4v) is 5.92. The van der Waals surface area contributed by atoms with Crippen LogP contribution in [0.15, 0.2) is 102 Å². The van der Waals surface area contributed by atoms with Gasteiger partial charge in [-0.3, -0.25) is 0 Å². The van der Waals surface area contributed by atoms with E-state index in [2.05, 4.69) is 102 Å². The van der Waals surface area contributed by atoms with E-state index in [4.69, 9.17) is 4.42 Å². The fourth-order valence-electron chi connectivity index (χ4n) is 5.92. The maximum absolute atomic E-state index is 10.1. The standard InChI is InChI=1S/C34H26N3O/c1-22-11-14-27-28-15-12-25(21-35)32(34(28)38-33(27)31(22)30-10-6-7-18-36(30)2)24-13-16-29-23(20-24)17-19-37(29)26-8-4-3-5-9-26/h3-16,18,20H,17,19H2,1-2H3/q+1. The Bertz CT molecular complexity index is 1910. The summed E-state index contributed by atoms with van der Waals surface area (Å²) in [7, 11) is 2.05. The van der Waals surface area contributed by atoms with Gasteiger partial charge in [0.25, 0.3) is 0 Å². The van der Waals surface area contributed by atoms with E-state index in [9.17, 15) is 5.26 Å². The summed E-state index contributed by atoms with van der Waals surface area (Å²) in [5.74, 6) is 0. The van der Waals surface area contributed by atoms with Gasteiger partial charge in [0.15, 0.2) is 6.20 Å². The Balaban J connectivity index is 1.45. The molecule has 0 amide bonds. The second-order valence-electron chi connectivity index (χ2n) is 9.99.